The lowest BCUT2D eigenvalue weighted by molar-refractivity contribution is -0.132. The minimum atomic E-state index is -0.346. The first-order valence-corrected chi connectivity index (χ1v) is 9.28. The molecule has 0 saturated carbocycles. The van der Waals surface area contributed by atoms with Crippen LogP contribution in [0.3, 0.4) is 0 Å². The molecule has 144 valence electrons. The van der Waals surface area contributed by atoms with Crippen molar-refractivity contribution in [1.82, 2.24) is 20.0 Å². The minimum Gasteiger partial charge on any atom is -0.339 e. The number of benzene rings is 1. The van der Waals surface area contributed by atoms with E-state index in [4.69, 9.17) is 0 Å². The first-order valence-electron chi connectivity index (χ1n) is 9.28. The van der Waals surface area contributed by atoms with E-state index < -0.39 is 0 Å². The Kier molecular flexibility index (Phi) is 5.73. The Morgan fingerprint density at radius 1 is 0.963 bits per heavy atom. The molecule has 27 heavy (non-hydrogen) atoms. The van der Waals surface area contributed by atoms with Crippen LogP contribution in [0.2, 0.25) is 0 Å². The number of piperazine rings is 1. The van der Waals surface area contributed by atoms with E-state index in [1.165, 1.54) is 0 Å². The molecule has 1 fully saturated rings. The standard InChI is InChI=1S/C19H24N4O4/c1-2-8-20-19(27)22-12-10-21(11-13-22)16(24)7-9-23-17(25)14-5-3-4-6-15(14)18(23)26/h3-6H,2,7-13H2,1H3,(H,20,27). The summed E-state index contributed by atoms with van der Waals surface area (Å²) in [4.78, 5) is 53.6. The summed E-state index contributed by atoms with van der Waals surface area (Å²) in [6, 6.07) is 6.58. The summed E-state index contributed by atoms with van der Waals surface area (Å²) in [5, 5.41) is 2.83. The van der Waals surface area contributed by atoms with Crippen molar-refractivity contribution in [2.75, 3.05) is 39.3 Å². The maximum atomic E-state index is 12.4. The SMILES string of the molecule is CCCNC(=O)N1CCN(C(=O)CCN2C(=O)c3ccccc3C2=O)CC1. The molecule has 1 aromatic carbocycles. The van der Waals surface area contributed by atoms with Crippen molar-refractivity contribution in [3.8, 4) is 0 Å². The maximum Gasteiger partial charge on any atom is 0.317 e. The molecule has 1 saturated heterocycles. The number of nitrogens with zero attached hydrogens (tertiary/aromatic N) is 3. The summed E-state index contributed by atoms with van der Waals surface area (Å²) < 4.78 is 0. The Hall–Kier alpha value is -2.90. The third-order valence-corrected chi connectivity index (χ3v) is 4.87. The van der Waals surface area contributed by atoms with Gasteiger partial charge in [0.1, 0.15) is 0 Å². The highest BCUT2D eigenvalue weighted by molar-refractivity contribution is 6.21. The molecule has 2 aliphatic heterocycles. The average molecular weight is 372 g/mol. The van der Waals surface area contributed by atoms with Gasteiger partial charge in [-0.3, -0.25) is 19.3 Å². The molecule has 3 rings (SSSR count). The third-order valence-electron chi connectivity index (χ3n) is 4.87. The lowest BCUT2D eigenvalue weighted by Crippen LogP contribution is -2.53. The molecule has 2 aliphatic rings. The summed E-state index contributed by atoms with van der Waals surface area (Å²) in [5.74, 6) is -0.804. The normalized spacial score (nSPS) is 16.6. The van der Waals surface area contributed by atoms with Gasteiger partial charge in [0.05, 0.1) is 11.1 Å². The van der Waals surface area contributed by atoms with Crippen LogP contribution in [-0.4, -0.2) is 77.7 Å². The van der Waals surface area contributed by atoms with E-state index >= 15 is 0 Å². The molecule has 0 unspecified atom stereocenters. The Morgan fingerprint density at radius 2 is 1.52 bits per heavy atom. The van der Waals surface area contributed by atoms with Crippen LogP contribution >= 0.6 is 0 Å². The highest BCUT2D eigenvalue weighted by Gasteiger charge is 2.35. The Morgan fingerprint density at radius 3 is 2.07 bits per heavy atom. The molecule has 0 aliphatic carbocycles. The van der Waals surface area contributed by atoms with Gasteiger partial charge in [0.2, 0.25) is 5.91 Å². The van der Waals surface area contributed by atoms with Gasteiger partial charge >= 0.3 is 6.03 Å². The number of rotatable bonds is 5. The second-order valence-corrected chi connectivity index (χ2v) is 6.66. The largest absolute Gasteiger partial charge is 0.339 e. The van der Waals surface area contributed by atoms with E-state index in [2.05, 4.69) is 5.32 Å². The number of amides is 5. The van der Waals surface area contributed by atoms with Gasteiger partial charge in [-0.1, -0.05) is 19.1 Å². The fourth-order valence-corrected chi connectivity index (χ4v) is 3.31. The second-order valence-electron chi connectivity index (χ2n) is 6.66. The number of hydrogen-bond acceptors (Lipinski definition) is 4. The van der Waals surface area contributed by atoms with Crippen molar-refractivity contribution >= 4 is 23.8 Å². The minimum absolute atomic E-state index is 0.0718. The molecular formula is C19H24N4O4. The van der Waals surface area contributed by atoms with Crippen LogP contribution in [0.15, 0.2) is 24.3 Å². The van der Waals surface area contributed by atoms with Crippen molar-refractivity contribution in [3.63, 3.8) is 0 Å². The van der Waals surface area contributed by atoms with E-state index in [9.17, 15) is 19.2 Å². The number of hydrogen-bond donors (Lipinski definition) is 1. The smallest absolute Gasteiger partial charge is 0.317 e. The van der Waals surface area contributed by atoms with Crippen molar-refractivity contribution in [1.29, 1.82) is 0 Å². The monoisotopic (exact) mass is 372 g/mol. The zero-order valence-corrected chi connectivity index (χ0v) is 15.4. The van der Waals surface area contributed by atoms with Gasteiger partial charge in [-0.15, -0.1) is 0 Å². The van der Waals surface area contributed by atoms with E-state index in [1.54, 1.807) is 34.1 Å². The van der Waals surface area contributed by atoms with Crippen molar-refractivity contribution < 1.29 is 19.2 Å². The molecule has 0 atom stereocenters. The molecule has 5 amide bonds. The van der Waals surface area contributed by atoms with Gasteiger partial charge in [0.15, 0.2) is 0 Å². The third kappa shape index (κ3) is 3.94. The lowest BCUT2D eigenvalue weighted by Gasteiger charge is -2.35. The average Bonchev–Trinajstić information content (AvgIpc) is 2.95. The summed E-state index contributed by atoms with van der Waals surface area (Å²) in [6.45, 7) is 4.58. The number of carbonyl (C=O) groups excluding carboxylic acids is 4. The predicted octanol–water partition coefficient (Wildman–Crippen LogP) is 0.936. The van der Waals surface area contributed by atoms with Gasteiger partial charge in [0.25, 0.3) is 11.8 Å². The second kappa shape index (κ2) is 8.20. The van der Waals surface area contributed by atoms with E-state index in [-0.39, 0.29) is 36.7 Å². The first kappa shape index (κ1) is 18.9. The van der Waals surface area contributed by atoms with Crippen LogP contribution in [0.25, 0.3) is 0 Å². The Balaban J connectivity index is 1.48. The molecule has 8 nitrogen and oxygen atoms in total. The van der Waals surface area contributed by atoms with E-state index in [1.807, 2.05) is 6.92 Å². The molecular weight excluding hydrogens is 348 g/mol. The lowest BCUT2D eigenvalue weighted by atomic mass is 10.1. The van der Waals surface area contributed by atoms with Crippen molar-refractivity contribution in [2.45, 2.75) is 19.8 Å². The highest BCUT2D eigenvalue weighted by atomic mass is 16.2. The summed E-state index contributed by atoms with van der Waals surface area (Å²) >= 11 is 0. The number of urea groups is 1. The van der Waals surface area contributed by atoms with Crippen molar-refractivity contribution in [3.05, 3.63) is 35.4 Å². The fraction of sp³-hybridized carbons (Fsp3) is 0.474. The molecule has 0 spiro atoms. The van der Waals surface area contributed by atoms with Crippen LogP contribution in [0.1, 0.15) is 40.5 Å². The zero-order valence-electron chi connectivity index (χ0n) is 15.4. The van der Waals surface area contributed by atoms with E-state index in [0.717, 1.165) is 11.3 Å². The summed E-state index contributed by atoms with van der Waals surface area (Å²) in [7, 11) is 0. The number of nitrogens with one attached hydrogen (secondary N) is 1. The highest BCUT2D eigenvalue weighted by Crippen LogP contribution is 2.22. The Labute approximate surface area is 158 Å². The molecule has 0 radical (unpaired) electrons. The Bertz CT molecular complexity index is 721. The molecule has 1 aromatic rings. The quantitative estimate of drug-likeness (QED) is 0.779. The predicted molar refractivity (Wildman–Crippen MR) is 98.3 cm³/mol. The zero-order chi connectivity index (χ0) is 19.4. The van der Waals surface area contributed by atoms with Gasteiger partial charge in [0, 0.05) is 45.7 Å². The van der Waals surface area contributed by atoms with Crippen LogP contribution in [0, 0.1) is 0 Å². The molecule has 0 bridgehead atoms. The van der Waals surface area contributed by atoms with Crippen LogP contribution in [-0.2, 0) is 4.79 Å². The summed E-state index contributed by atoms with van der Waals surface area (Å²) in [5.41, 5.74) is 0.781. The van der Waals surface area contributed by atoms with Gasteiger partial charge in [-0.2, -0.15) is 0 Å². The summed E-state index contributed by atoms with van der Waals surface area (Å²) in [6.07, 6.45) is 0.968. The fourth-order valence-electron chi connectivity index (χ4n) is 3.31. The van der Waals surface area contributed by atoms with Crippen LogP contribution in [0.5, 0.6) is 0 Å². The van der Waals surface area contributed by atoms with E-state index in [0.29, 0.717) is 43.9 Å². The number of fused-ring (bicyclic) bond motifs is 1. The molecule has 2 heterocycles. The molecule has 0 aromatic heterocycles. The molecule has 1 N–H and O–H groups in total. The van der Waals surface area contributed by atoms with Gasteiger partial charge < -0.3 is 15.1 Å². The topological polar surface area (TPSA) is 90.0 Å². The van der Waals surface area contributed by atoms with Crippen molar-refractivity contribution in [2.24, 2.45) is 0 Å². The first-order chi connectivity index (χ1) is 13.0. The number of carbonyl (C=O) groups is 4. The molecule has 8 heteroatoms. The van der Waals surface area contributed by atoms with Gasteiger partial charge in [-0.25, -0.2) is 4.79 Å². The maximum absolute atomic E-state index is 12.4. The van der Waals surface area contributed by atoms with Crippen LogP contribution in [0.4, 0.5) is 4.79 Å². The van der Waals surface area contributed by atoms with Crippen LogP contribution < -0.4 is 5.32 Å². The van der Waals surface area contributed by atoms with Gasteiger partial charge in [-0.05, 0) is 18.6 Å². The number of imide groups is 1.